The highest BCUT2D eigenvalue weighted by Gasteiger charge is 2.51. The van der Waals surface area contributed by atoms with E-state index in [0.29, 0.717) is 12.8 Å². The molecule has 0 bridgehead atoms. The SMILES string of the molecule is CCCCCCC/C=C\C/C=C\CCCCCCCCCCCC(=O)NC(COC1OC(CO)C(OC2OC(CO)C(O)C(O)C2O)C(O)C1O)C(O)/C=C/CC/C=C/CC/C=C/CCCCCCCCCC. The van der Waals surface area contributed by atoms with Crippen molar-refractivity contribution in [2.24, 2.45) is 0 Å². The number of carbonyl (C=O) groups is 1. The van der Waals surface area contributed by atoms with Gasteiger partial charge in [-0.3, -0.25) is 4.79 Å². The van der Waals surface area contributed by atoms with Crippen LogP contribution >= 0.6 is 0 Å². The van der Waals surface area contributed by atoms with Gasteiger partial charge in [0.05, 0.1) is 32.0 Å². The number of unbranched alkanes of at least 4 members (excludes halogenated alkanes) is 24. The summed E-state index contributed by atoms with van der Waals surface area (Å²) in [6.45, 7) is 2.75. The van der Waals surface area contributed by atoms with Crippen LogP contribution in [0.5, 0.6) is 0 Å². The molecule has 2 fully saturated rings. The largest absolute Gasteiger partial charge is 0.394 e. The van der Waals surface area contributed by atoms with E-state index < -0.39 is 86.8 Å². The molecule has 14 heteroatoms. The number of aliphatic hydroxyl groups excluding tert-OH is 8. The number of ether oxygens (including phenoxy) is 4. The van der Waals surface area contributed by atoms with Crippen molar-refractivity contribution in [3.05, 3.63) is 60.8 Å². The van der Waals surface area contributed by atoms with Gasteiger partial charge in [0, 0.05) is 6.42 Å². The molecule has 2 heterocycles. The molecule has 2 aliphatic rings. The Kier molecular flexibility index (Phi) is 41.0. The highest BCUT2D eigenvalue weighted by molar-refractivity contribution is 5.76. The first-order valence-electron chi connectivity index (χ1n) is 29.0. The van der Waals surface area contributed by atoms with E-state index in [-0.39, 0.29) is 18.9 Å². The molecule has 0 radical (unpaired) electrons. The molecule has 2 aliphatic heterocycles. The van der Waals surface area contributed by atoms with Crippen LogP contribution in [0, 0.1) is 0 Å². The predicted molar refractivity (Wildman–Crippen MR) is 290 cm³/mol. The lowest BCUT2D eigenvalue weighted by atomic mass is 9.97. The predicted octanol–water partition coefficient (Wildman–Crippen LogP) is 9.39. The van der Waals surface area contributed by atoms with Gasteiger partial charge in [-0.1, -0.05) is 190 Å². The molecular weight excluding hydrogens is 931 g/mol. The molecule has 0 aliphatic carbocycles. The monoisotopic (exact) mass is 1040 g/mol. The van der Waals surface area contributed by atoms with Crippen LogP contribution in [0.2, 0.25) is 0 Å². The van der Waals surface area contributed by atoms with Crippen molar-refractivity contribution >= 4 is 5.91 Å². The van der Waals surface area contributed by atoms with Gasteiger partial charge in [-0.15, -0.1) is 0 Å². The summed E-state index contributed by atoms with van der Waals surface area (Å²) >= 11 is 0. The third-order valence-electron chi connectivity index (χ3n) is 13.9. The van der Waals surface area contributed by atoms with Crippen molar-refractivity contribution in [1.29, 1.82) is 0 Å². The molecule has 1 amide bonds. The molecule has 9 N–H and O–H groups in total. The molecule has 12 unspecified atom stereocenters. The standard InChI is InChI=1S/C59H105NO13/c1-3-5-7-9-11-13-15-17-19-21-23-24-25-27-29-31-33-35-37-39-41-43-51(64)60-47(48(63)42-40-38-36-34-32-30-28-26-22-20-18-16-14-12-10-8-6-4-2)46-70-58-56(69)54(67)57(50(45-62)72-58)73-59-55(68)53(66)52(65)49(44-61)71-59/h15,17,21-23,26,32,34,40,42,47-50,52-59,61-63,65-69H,3-14,16,18-20,24-25,27-31,33,35-39,41,43-46H2,1-2H3,(H,60,64)/b17-15-,23-21-,26-22+,34-32+,42-40+. The van der Waals surface area contributed by atoms with Crippen molar-refractivity contribution in [2.75, 3.05) is 19.8 Å². The number of allylic oxidation sites excluding steroid dienone is 9. The number of hydrogen-bond donors (Lipinski definition) is 9. The molecule has 0 aromatic carbocycles. The molecule has 0 aromatic rings. The van der Waals surface area contributed by atoms with E-state index in [2.05, 4.69) is 67.8 Å². The van der Waals surface area contributed by atoms with E-state index in [4.69, 9.17) is 18.9 Å². The Balaban J connectivity index is 1.81. The molecule has 14 nitrogen and oxygen atoms in total. The Hall–Kier alpha value is -2.31. The molecule has 2 rings (SSSR count). The second-order valence-corrected chi connectivity index (χ2v) is 20.4. The molecule has 2 saturated heterocycles. The Labute approximate surface area is 441 Å². The zero-order valence-electron chi connectivity index (χ0n) is 45.4. The lowest BCUT2D eigenvalue weighted by Crippen LogP contribution is -2.65. The van der Waals surface area contributed by atoms with E-state index in [9.17, 15) is 45.6 Å². The first-order valence-corrected chi connectivity index (χ1v) is 29.0. The number of nitrogens with one attached hydrogen (secondary N) is 1. The van der Waals surface area contributed by atoms with Crippen LogP contribution < -0.4 is 5.32 Å². The number of hydrogen-bond acceptors (Lipinski definition) is 13. The summed E-state index contributed by atoms with van der Waals surface area (Å²) in [4.78, 5) is 13.2. The van der Waals surface area contributed by atoms with E-state index in [0.717, 1.165) is 57.8 Å². The van der Waals surface area contributed by atoms with Crippen molar-refractivity contribution in [1.82, 2.24) is 5.32 Å². The van der Waals surface area contributed by atoms with Gasteiger partial charge in [0.1, 0.15) is 48.8 Å². The Morgan fingerprint density at radius 3 is 1.42 bits per heavy atom. The average molecular weight is 1040 g/mol. The van der Waals surface area contributed by atoms with Gasteiger partial charge in [-0.05, 0) is 77.0 Å². The molecule has 0 aromatic heterocycles. The van der Waals surface area contributed by atoms with Gasteiger partial charge < -0.3 is 65.1 Å². The minimum absolute atomic E-state index is 0.259. The lowest BCUT2D eigenvalue weighted by molar-refractivity contribution is -0.359. The van der Waals surface area contributed by atoms with Crippen LogP contribution in [-0.2, 0) is 23.7 Å². The second-order valence-electron chi connectivity index (χ2n) is 20.4. The maximum Gasteiger partial charge on any atom is 0.220 e. The minimum Gasteiger partial charge on any atom is -0.394 e. The van der Waals surface area contributed by atoms with Crippen molar-refractivity contribution < 1.29 is 64.6 Å². The fraction of sp³-hybridized carbons (Fsp3) is 0.814. The van der Waals surface area contributed by atoms with E-state index in [1.165, 1.54) is 122 Å². The third kappa shape index (κ3) is 30.9. The number of carbonyl (C=O) groups excluding carboxylic acids is 1. The maximum atomic E-state index is 13.2. The van der Waals surface area contributed by atoms with Gasteiger partial charge >= 0.3 is 0 Å². The summed E-state index contributed by atoms with van der Waals surface area (Å²) in [6.07, 6.45) is 39.7. The van der Waals surface area contributed by atoms with E-state index >= 15 is 0 Å². The van der Waals surface area contributed by atoms with Crippen molar-refractivity contribution in [2.45, 2.75) is 286 Å². The summed E-state index contributed by atoms with van der Waals surface area (Å²) in [5.41, 5.74) is 0. The molecule has 0 spiro atoms. The van der Waals surface area contributed by atoms with Gasteiger partial charge in [0.25, 0.3) is 0 Å². The van der Waals surface area contributed by atoms with Crippen LogP contribution in [0.25, 0.3) is 0 Å². The summed E-state index contributed by atoms with van der Waals surface area (Å²) in [5, 5.41) is 87.0. The summed E-state index contributed by atoms with van der Waals surface area (Å²) in [6, 6.07) is -0.942. The van der Waals surface area contributed by atoms with Crippen LogP contribution in [0.15, 0.2) is 60.8 Å². The summed E-state index contributed by atoms with van der Waals surface area (Å²) < 4.78 is 22.7. The van der Waals surface area contributed by atoms with Crippen LogP contribution in [0.3, 0.4) is 0 Å². The second kappa shape index (κ2) is 44.8. The number of amides is 1. The highest BCUT2D eigenvalue weighted by Crippen LogP contribution is 2.30. The van der Waals surface area contributed by atoms with Crippen LogP contribution in [0.4, 0.5) is 0 Å². The Morgan fingerprint density at radius 1 is 0.493 bits per heavy atom. The first-order chi connectivity index (χ1) is 35.6. The molecule has 0 saturated carbocycles. The molecule has 73 heavy (non-hydrogen) atoms. The average Bonchev–Trinajstić information content (AvgIpc) is 3.39. The summed E-state index contributed by atoms with van der Waals surface area (Å²) in [5.74, 6) is -0.259. The first kappa shape index (κ1) is 66.8. The minimum atomic E-state index is -1.79. The molecule has 12 atom stereocenters. The van der Waals surface area contributed by atoms with Gasteiger partial charge in [-0.2, -0.15) is 0 Å². The molecule has 424 valence electrons. The van der Waals surface area contributed by atoms with Crippen molar-refractivity contribution in [3.63, 3.8) is 0 Å². The van der Waals surface area contributed by atoms with Crippen LogP contribution in [-0.4, -0.2) is 140 Å². The number of aliphatic hydroxyl groups is 8. The van der Waals surface area contributed by atoms with Gasteiger partial charge in [-0.25, -0.2) is 0 Å². The van der Waals surface area contributed by atoms with Gasteiger partial charge in [0.2, 0.25) is 5.91 Å². The maximum absolute atomic E-state index is 13.2. The van der Waals surface area contributed by atoms with Gasteiger partial charge in [0.15, 0.2) is 12.6 Å². The fourth-order valence-corrected chi connectivity index (χ4v) is 9.18. The number of rotatable bonds is 45. The quantitative estimate of drug-likeness (QED) is 0.0205. The van der Waals surface area contributed by atoms with Crippen LogP contribution in [0.1, 0.15) is 213 Å². The lowest BCUT2D eigenvalue weighted by Gasteiger charge is -2.46. The Morgan fingerprint density at radius 2 is 0.918 bits per heavy atom. The fourth-order valence-electron chi connectivity index (χ4n) is 9.18. The highest BCUT2D eigenvalue weighted by atomic mass is 16.7. The normalized spacial score (nSPS) is 25.8. The zero-order chi connectivity index (χ0) is 53.2. The third-order valence-corrected chi connectivity index (χ3v) is 13.9. The van der Waals surface area contributed by atoms with E-state index in [1.807, 2.05) is 6.08 Å². The topological polar surface area (TPSA) is 228 Å². The summed E-state index contributed by atoms with van der Waals surface area (Å²) in [7, 11) is 0. The van der Waals surface area contributed by atoms with Crippen molar-refractivity contribution in [3.8, 4) is 0 Å². The van der Waals surface area contributed by atoms with E-state index in [1.54, 1.807) is 6.08 Å². The molecular formula is C59H105NO13. The smallest absolute Gasteiger partial charge is 0.220 e. The Bertz CT molecular complexity index is 1450. The zero-order valence-corrected chi connectivity index (χ0v) is 45.4.